The Balaban J connectivity index is 2.04. The lowest BCUT2D eigenvalue weighted by Gasteiger charge is -1.96. The lowest BCUT2D eigenvalue weighted by Crippen LogP contribution is -1.93. The molecule has 1 heterocycles. The summed E-state index contributed by atoms with van der Waals surface area (Å²) in [5.74, 6) is 0.673. The van der Waals surface area contributed by atoms with Crippen molar-refractivity contribution in [3.05, 3.63) is 40.4 Å². The van der Waals surface area contributed by atoms with Crippen LogP contribution in [0.2, 0.25) is 0 Å². The van der Waals surface area contributed by atoms with Crippen molar-refractivity contribution < 1.29 is 4.79 Å². The first kappa shape index (κ1) is 11.6. The van der Waals surface area contributed by atoms with Gasteiger partial charge in [0.15, 0.2) is 5.78 Å². The third-order valence-electron chi connectivity index (χ3n) is 3.24. The van der Waals surface area contributed by atoms with Crippen LogP contribution in [0.1, 0.15) is 46.6 Å². The number of aryl methyl sites for hydroxylation is 1. The van der Waals surface area contributed by atoms with Gasteiger partial charge in [-0.2, -0.15) is 0 Å². The normalized spacial score (nSPS) is 14.8. The molecular formula is C15H15NOS. The zero-order chi connectivity index (χ0) is 12.7. The third kappa shape index (κ3) is 2.10. The smallest absolute Gasteiger partial charge is 0.171 e. The number of benzene rings is 1. The minimum Gasteiger partial charge on any atom is -0.294 e. The summed E-state index contributed by atoms with van der Waals surface area (Å²) in [5.41, 5.74) is 3.38. The SMILES string of the molecule is CC(=O)c1sc(-c2ccc(C)cc2)nc1C1CC1. The maximum Gasteiger partial charge on any atom is 0.171 e. The van der Waals surface area contributed by atoms with Gasteiger partial charge in [-0.3, -0.25) is 4.79 Å². The maximum atomic E-state index is 11.7. The minimum atomic E-state index is 0.146. The van der Waals surface area contributed by atoms with E-state index in [0.29, 0.717) is 5.92 Å². The standard InChI is InChI=1S/C15H15NOS/c1-9-3-5-12(6-4-9)15-16-13(11-7-8-11)14(18-15)10(2)17/h3-6,11H,7-8H2,1-2H3. The molecule has 2 nitrogen and oxygen atoms in total. The van der Waals surface area contributed by atoms with Gasteiger partial charge in [0.2, 0.25) is 0 Å². The van der Waals surface area contributed by atoms with E-state index in [2.05, 4.69) is 31.2 Å². The topological polar surface area (TPSA) is 30.0 Å². The monoisotopic (exact) mass is 257 g/mol. The van der Waals surface area contributed by atoms with E-state index in [1.165, 1.54) is 29.7 Å². The van der Waals surface area contributed by atoms with Crippen molar-refractivity contribution >= 4 is 17.1 Å². The highest BCUT2D eigenvalue weighted by molar-refractivity contribution is 7.17. The molecule has 1 aliphatic rings. The third-order valence-corrected chi connectivity index (χ3v) is 4.46. The second kappa shape index (κ2) is 4.32. The van der Waals surface area contributed by atoms with Crippen molar-refractivity contribution in [3.8, 4) is 10.6 Å². The molecule has 0 unspecified atom stereocenters. The van der Waals surface area contributed by atoms with Crippen LogP contribution in [0.15, 0.2) is 24.3 Å². The Bertz CT molecular complexity index is 593. The van der Waals surface area contributed by atoms with Crippen molar-refractivity contribution in [3.63, 3.8) is 0 Å². The van der Waals surface area contributed by atoms with Gasteiger partial charge in [-0.05, 0) is 19.8 Å². The fourth-order valence-electron chi connectivity index (χ4n) is 2.04. The van der Waals surface area contributed by atoms with Crippen LogP contribution in [0.5, 0.6) is 0 Å². The summed E-state index contributed by atoms with van der Waals surface area (Å²) < 4.78 is 0. The molecule has 0 radical (unpaired) electrons. The van der Waals surface area contributed by atoms with Crippen LogP contribution < -0.4 is 0 Å². The first-order chi connectivity index (χ1) is 8.65. The van der Waals surface area contributed by atoms with Crippen LogP contribution in [-0.2, 0) is 0 Å². The average molecular weight is 257 g/mol. The lowest BCUT2D eigenvalue weighted by molar-refractivity contribution is 0.102. The highest BCUT2D eigenvalue weighted by atomic mass is 32.1. The molecule has 0 spiro atoms. The van der Waals surface area contributed by atoms with Gasteiger partial charge in [-0.15, -0.1) is 11.3 Å². The highest BCUT2D eigenvalue weighted by Crippen LogP contribution is 2.44. The Morgan fingerprint density at radius 1 is 1.28 bits per heavy atom. The predicted molar refractivity (Wildman–Crippen MR) is 74.3 cm³/mol. The van der Waals surface area contributed by atoms with E-state index >= 15 is 0 Å². The fourth-order valence-corrected chi connectivity index (χ4v) is 3.09. The van der Waals surface area contributed by atoms with Gasteiger partial charge in [0.05, 0.1) is 10.6 Å². The van der Waals surface area contributed by atoms with Gasteiger partial charge in [-0.1, -0.05) is 29.8 Å². The molecule has 3 heteroatoms. The van der Waals surface area contributed by atoms with Gasteiger partial charge >= 0.3 is 0 Å². The first-order valence-corrected chi connectivity index (χ1v) is 7.05. The summed E-state index contributed by atoms with van der Waals surface area (Å²) in [6.07, 6.45) is 2.36. The number of hydrogen-bond acceptors (Lipinski definition) is 3. The van der Waals surface area contributed by atoms with E-state index in [1.807, 2.05) is 0 Å². The van der Waals surface area contributed by atoms with E-state index in [4.69, 9.17) is 4.98 Å². The average Bonchev–Trinajstić information content (AvgIpc) is 3.09. The number of Topliss-reactive ketones (excluding diaryl/α,β-unsaturated/α-hetero) is 1. The van der Waals surface area contributed by atoms with Gasteiger partial charge in [0.25, 0.3) is 0 Å². The summed E-state index contributed by atoms with van der Waals surface area (Å²) in [6.45, 7) is 3.71. The van der Waals surface area contributed by atoms with Crippen LogP contribution in [0.3, 0.4) is 0 Å². The van der Waals surface area contributed by atoms with E-state index in [1.54, 1.807) is 6.92 Å². The van der Waals surface area contributed by atoms with Gasteiger partial charge < -0.3 is 0 Å². The highest BCUT2D eigenvalue weighted by Gasteiger charge is 2.31. The van der Waals surface area contributed by atoms with Crippen LogP contribution >= 0.6 is 11.3 Å². The summed E-state index contributed by atoms with van der Waals surface area (Å²) in [6, 6.07) is 8.32. The lowest BCUT2D eigenvalue weighted by atomic mass is 10.1. The van der Waals surface area contributed by atoms with Crippen LogP contribution in [0.4, 0.5) is 0 Å². The molecule has 1 saturated carbocycles. The molecule has 1 aromatic heterocycles. The predicted octanol–water partition coefficient (Wildman–Crippen LogP) is 4.20. The number of hydrogen-bond donors (Lipinski definition) is 0. The molecule has 1 fully saturated rings. The van der Waals surface area contributed by atoms with E-state index in [0.717, 1.165) is 21.1 Å². The largest absolute Gasteiger partial charge is 0.294 e. The molecule has 0 bridgehead atoms. The first-order valence-electron chi connectivity index (χ1n) is 6.24. The Labute approximate surface area is 111 Å². The van der Waals surface area contributed by atoms with Crippen LogP contribution in [0, 0.1) is 6.92 Å². The molecule has 0 aliphatic heterocycles. The molecule has 1 aliphatic carbocycles. The second-order valence-electron chi connectivity index (χ2n) is 4.93. The Hall–Kier alpha value is -1.48. The van der Waals surface area contributed by atoms with Crippen molar-refractivity contribution in [2.24, 2.45) is 0 Å². The fraction of sp³-hybridized carbons (Fsp3) is 0.333. The molecule has 18 heavy (non-hydrogen) atoms. The number of nitrogens with zero attached hydrogens (tertiary/aromatic N) is 1. The Kier molecular flexibility index (Phi) is 2.78. The molecular weight excluding hydrogens is 242 g/mol. The minimum absolute atomic E-state index is 0.146. The van der Waals surface area contributed by atoms with Crippen molar-refractivity contribution in [2.45, 2.75) is 32.6 Å². The number of thiazole rings is 1. The van der Waals surface area contributed by atoms with Crippen molar-refractivity contribution in [1.29, 1.82) is 0 Å². The van der Waals surface area contributed by atoms with Gasteiger partial charge in [-0.25, -0.2) is 4.98 Å². The molecule has 1 aromatic carbocycles. The van der Waals surface area contributed by atoms with Crippen molar-refractivity contribution in [2.75, 3.05) is 0 Å². The number of rotatable bonds is 3. The molecule has 92 valence electrons. The number of carbonyl (C=O) groups is 1. The zero-order valence-electron chi connectivity index (χ0n) is 10.6. The van der Waals surface area contributed by atoms with Gasteiger partial charge in [0.1, 0.15) is 5.01 Å². The molecule has 0 atom stereocenters. The van der Waals surface area contributed by atoms with E-state index in [-0.39, 0.29) is 5.78 Å². The summed E-state index contributed by atoms with van der Waals surface area (Å²) in [5, 5.41) is 0.974. The second-order valence-corrected chi connectivity index (χ2v) is 5.93. The van der Waals surface area contributed by atoms with Crippen LogP contribution in [0.25, 0.3) is 10.6 Å². The van der Waals surface area contributed by atoms with E-state index in [9.17, 15) is 4.79 Å². The molecule has 0 saturated heterocycles. The number of aromatic nitrogens is 1. The summed E-state index contributed by atoms with van der Waals surface area (Å²) >= 11 is 1.53. The number of carbonyl (C=O) groups excluding carboxylic acids is 1. The van der Waals surface area contributed by atoms with Crippen molar-refractivity contribution in [1.82, 2.24) is 4.98 Å². The van der Waals surface area contributed by atoms with Gasteiger partial charge in [0, 0.05) is 18.4 Å². The Morgan fingerprint density at radius 2 is 1.94 bits per heavy atom. The van der Waals surface area contributed by atoms with E-state index < -0.39 is 0 Å². The number of ketones is 1. The quantitative estimate of drug-likeness (QED) is 0.771. The van der Waals surface area contributed by atoms with Crippen LogP contribution in [-0.4, -0.2) is 10.8 Å². The molecule has 2 aromatic rings. The zero-order valence-corrected chi connectivity index (χ0v) is 11.4. The summed E-state index contributed by atoms with van der Waals surface area (Å²) in [7, 11) is 0. The molecule has 0 amide bonds. The molecule has 0 N–H and O–H groups in total. The summed E-state index contributed by atoms with van der Waals surface area (Å²) in [4.78, 5) is 17.2. The Morgan fingerprint density at radius 3 is 2.50 bits per heavy atom. The molecule has 3 rings (SSSR count). The maximum absolute atomic E-state index is 11.7.